The van der Waals surface area contributed by atoms with E-state index in [0.717, 1.165) is 0 Å². The van der Waals surface area contributed by atoms with E-state index in [0.29, 0.717) is 6.04 Å². The van der Waals surface area contributed by atoms with Gasteiger partial charge in [0.25, 0.3) is 0 Å². The molecule has 0 bridgehead atoms. The molecule has 0 amide bonds. The lowest BCUT2D eigenvalue weighted by atomic mass is 10.5. The number of halogens is 1. The largest absolute Gasteiger partial charge is 0.329 e. The third-order valence-electron chi connectivity index (χ3n) is 0.698. The summed E-state index contributed by atoms with van der Waals surface area (Å²) in [5.74, 6) is 0.160. The molecule has 0 saturated carbocycles. The van der Waals surface area contributed by atoms with Gasteiger partial charge in [0.1, 0.15) is 0 Å². The average molecular weight is 232 g/mol. The molecule has 1 unspecified atom stereocenters. The van der Waals surface area contributed by atoms with E-state index in [2.05, 4.69) is 4.52 Å². The van der Waals surface area contributed by atoms with Gasteiger partial charge in [-0.2, -0.15) is 0 Å². The third-order valence-corrected chi connectivity index (χ3v) is 2.60. The second-order valence-electron chi connectivity index (χ2n) is 2.71. The van der Waals surface area contributed by atoms with E-state index in [-0.39, 0.29) is 18.6 Å². The monoisotopic (exact) mass is 231 g/mol. The Bertz CT molecular complexity index is 142. The van der Waals surface area contributed by atoms with Crippen molar-refractivity contribution in [2.45, 2.75) is 26.8 Å². The maximum atomic E-state index is 10.7. The first-order chi connectivity index (χ1) is 5.85. The van der Waals surface area contributed by atoms with Crippen molar-refractivity contribution in [2.75, 3.05) is 18.6 Å². The summed E-state index contributed by atoms with van der Waals surface area (Å²) in [6.45, 7) is 5.81. The molecule has 0 fully saturated rings. The van der Waals surface area contributed by atoms with Gasteiger partial charge in [-0.15, -0.1) is 11.6 Å². The van der Waals surface area contributed by atoms with E-state index in [4.69, 9.17) is 22.2 Å². The van der Waals surface area contributed by atoms with Crippen molar-refractivity contribution in [3.05, 3.63) is 0 Å². The van der Waals surface area contributed by atoms with Crippen molar-refractivity contribution in [2.24, 2.45) is 5.73 Å². The molecule has 6 heteroatoms. The van der Waals surface area contributed by atoms with Crippen molar-refractivity contribution >= 4 is 19.2 Å². The summed E-state index contributed by atoms with van der Waals surface area (Å²) in [4.78, 5) is 8.76. The molecule has 0 spiro atoms. The highest BCUT2D eigenvalue weighted by molar-refractivity contribution is 7.52. The molecule has 4 nitrogen and oxygen atoms in total. The fraction of sp³-hybridized carbons (Fsp3) is 1.00. The summed E-state index contributed by atoms with van der Waals surface area (Å²) < 4.78 is 15.2. The molecule has 0 aliphatic carbocycles. The Kier molecular flexibility index (Phi) is 10.9. The Hall–Kier alpha value is 0.400. The van der Waals surface area contributed by atoms with Crippen molar-refractivity contribution in [3.63, 3.8) is 0 Å². The van der Waals surface area contributed by atoms with Gasteiger partial charge in [-0.3, -0.25) is 4.57 Å². The summed E-state index contributed by atoms with van der Waals surface area (Å²) >= 11 is 5.21. The van der Waals surface area contributed by atoms with Crippen molar-refractivity contribution in [1.82, 2.24) is 0 Å². The van der Waals surface area contributed by atoms with Crippen LogP contribution in [0.1, 0.15) is 20.8 Å². The van der Waals surface area contributed by atoms with E-state index in [1.165, 1.54) is 0 Å². The van der Waals surface area contributed by atoms with Crippen LogP contribution in [0.4, 0.5) is 0 Å². The summed E-state index contributed by atoms with van der Waals surface area (Å²) in [5, 5.41) is 0. The van der Waals surface area contributed by atoms with Crippen LogP contribution in [0.5, 0.6) is 0 Å². The fourth-order valence-corrected chi connectivity index (χ4v) is 1.76. The summed E-state index contributed by atoms with van der Waals surface area (Å²) in [6.07, 6.45) is 0.0302. The molecule has 0 rings (SSSR count). The first-order valence-electron chi connectivity index (χ1n) is 4.13. The first-order valence-corrected chi connectivity index (χ1v) is 6.43. The van der Waals surface area contributed by atoms with E-state index < -0.39 is 7.60 Å². The van der Waals surface area contributed by atoms with Gasteiger partial charge in [-0.05, 0) is 13.0 Å². The van der Waals surface area contributed by atoms with Gasteiger partial charge in [0.15, 0.2) is 0 Å². The maximum absolute atomic E-state index is 10.7. The van der Waals surface area contributed by atoms with Crippen LogP contribution in [-0.2, 0) is 9.09 Å². The summed E-state index contributed by atoms with van der Waals surface area (Å²) in [6, 6.07) is 0.333. The van der Waals surface area contributed by atoms with E-state index >= 15 is 0 Å². The Labute approximate surface area is 84.9 Å². The SMILES string of the molecule is CC(C)N.CCOP(=O)(O)CCCl. The zero-order valence-corrected chi connectivity index (χ0v) is 10.0. The van der Waals surface area contributed by atoms with Crippen LogP contribution < -0.4 is 5.73 Å². The average Bonchev–Trinajstić information content (AvgIpc) is 1.84. The van der Waals surface area contributed by atoms with Crippen LogP contribution in [0.15, 0.2) is 0 Å². The molecule has 13 heavy (non-hydrogen) atoms. The van der Waals surface area contributed by atoms with Crippen LogP contribution in [0, 0.1) is 0 Å². The zero-order chi connectivity index (χ0) is 10.9. The normalized spacial score (nSPS) is 14.7. The molecule has 82 valence electrons. The molecule has 0 aliphatic rings. The minimum Gasteiger partial charge on any atom is -0.328 e. The molecule has 0 radical (unpaired) electrons. The molecular formula is C7H19ClNO3P. The molecule has 0 saturated heterocycles. The van der Waals surface area contributed by atoms with Gasteiger partial charge in [-0.25, -0.2) is 0 Å². The van der Waals surface area contributed by atoms with Crippen LogP contribution in [0.25, 0.3) is 0 Å². The van der Waals surface area contributed by atoms with Crippen LogP contribution in [0.3, 0.4) is 0 Å². The molecule has 0 aliphatic heterocycles. The lowest BCUT2D eigenvalue weighted by molar-refractivity contribution is 0.275. The van der Waals surface area contributed by atoms with Crippen molar-refractivity contribution in [1.29, 1.82) is 0 Å². The predicted molar refractivity (Wildman–Crippen MR) is 56.4 cm³/mol. The highest BCUT2D eigenvalue weighted by atomic mass is 35.5. The third kappa shape index (κ3) is 19.0. The van der Waals surface area contributed by atoms with Crippen molar-refractivity contribution in [3.8, 4) is 0 Å². The minimum absolute atomic E-state index is 0.0302. The molecular weight excluding hydrogens is 213 g/mol. The van der Waals surface area contributed by atoms with Gasteiger partial charge in [-0.1, -0.05) is 13.8 Å². The topological polar surface area (TPSA) is 72.5 Å². The Morgan fingerprint density at radius 1 is 1.62 bits per heavy atom. The van der Waals surface area contributed by atoms with Crippen LogP contribution >= 0.6 is 19.2 Å². The minimum atomic E-state index is -3.32. The number of rotatable bonds is 4. The number of hydrogen-bond acceptors (Lipinski definition) is 3. The smallest absolute Gasteiger partial charge is 0.328 e. The Morgan fingerprint density at radius 2 is 2.00 bits per heavy atom. The summed E-state index contributed by atoms with van der Waals surface area (Å²) in [7, 11) is -3.32. The Morgan fingerprint density at radius 3 is 2.23 bits per heavy atom. The van der Waals surface area contributed by atoms with Gasteiger partial charge in [0.2, 0.25) is 0 Å². The quantitative estimate of drug-likeness (QED) is 0.572. The van der Waals surface area contributed by atoms with Gasteiger partial charge < -0.3 is 15.2 Å². The molecule has 0 aromatic rings. The second-order valence-corrected chi connectivity index (χ2v) is 5.07. The standard InChI is InChI=1S/C4H10ClO3P.C3H9N/c1-2-8-9(6,7)4-3-5;1-3(2)4/h2-4H2,1H3,(H,6,7);3H,4H2,1-2H3. The van der Waals surface area contributed by atoms with Crippen molar-refractivity contribution < 1.29 is 14.0 Å². The predicted octanol–water partition coefficient (Wildman–Crippen LogP) is 1.80. The molecule has 1 atom stereocenters. The second kappa shape index (κ2) is 8.97. The fourth-order valence-electron chi connectivity index (χ4n) is 0.373. The highest BCUT2D eigenvalue weighted by Crippen LogP contribution is 2.41. The summed E-state index contributed by atoms with van der Waals surface area (Å²) in [5.41, 5.74) is 5.11. The van der Waals surface area contributed by atoms with E-state index in [9.17, 15) is 4.57 Å². The molecule has 3 N–H and O–H groups in total. The van der Waals surface area contributed by atoms with Crippen LogP contribution in [0.2, 0.25) is 0 Å². The van der Waals surface area contributed by atoms with Gasteiger partial charge in [0, 0.05) is 5.88 Å². The maximum Gasteiger partial charge on any atom is 0.329 e. The van der Waals surface area contributed by atoms with Crippen LogP contribution in [-0.4, -0.2) is 29.6 Å². The lowest BCUT2D eigenvalue weighted by Crippen LogP contribution is -2.06. The van der Waals surface area contributed by atoms with Gasteiger partial charge in [0.05, 0.1) is 12.8 Å². The lowest BCUT2D eigenvalue weighted by Gasteiger charge is -2.06. The van der Waals surface area contributed by atoms with E-state index in [1.807, 2.05) is 13.8 Å². The molecule has 0 heterocycles. The van der Waals surface area contributed by atoms with E-state index in [1.54, 1.807) is 6.92 Å². The Balaban J connectivity index is 0. The first kappa shape index (κ1) is 15.9. The van der Waals surface area contributed by atoms with Gasteiger partial charge >= 0.3 is 7.60 Å². The number of alkyl halides is 1. The molecule has 0 aromatic carbocycles. The number of hydrogen-bond donors (Lipinski definition) is 2. The molecule has 0 aromatic heterocycles. The number of nitrogens with two attached hydrogens (primary N) is 1. The zero-order valence-electron chi connectivity index (χ0n) is 8.36. The highest BCUT2D eigenvalue weighted by Gasteiger charge is 2.15.